The molecule has 13 nitrogen and oxygen atoms in total. The summed E-state index contributed by atoms with van der Waals surface area (Å²) in [5, 5.41) is 20.0. The highest BCUT2D eigenvalue weighted by Crippen LogP contribution is 2.36. The number of carbonyl (C=O) groups is 2. The van der Waals surface area contributed by atoms with Gasteiger partial charge in [0.1, 0.15) is 61.8 Å². The average molecular weight is 644 g/mol. The molecule has 0 aliphatic rings. The number of aliphatic hydroxyl groups is 1. The second-order valence-corrected chi connectivity index (χ2v) is 9.38. The quantitative estimate of drug-likeness (QED) is 0.0956. The summed E-state index contributed by atoms with van der Waals surface area (Å²) in [7, 11) is 1.56. The topological polar surface area (TPSA) is 169 Å². The van der Waals surface area contributed by atoms with E-state index in [0.717, 1.165) is 12.2 Å². The summed E-state index contributed by atoms with van der Waals surface area (Å²) in [6, 6.07) is 16.7. The molecule has 0 unspecified atom stereocenters. The molecule has 0 saturated heterocycles. The molecule has 1 heterocycles. The molecule has 2 N–H and O–H groups in total. The van der Waals surface area contributed by atoms with Crippen LogP contribution in [0.2, 0.25) is 0 Å². The van der Waals surface area contributed by atoms with E-state index >= 15 is 0 Å². The summed E-state index contributed by atoms with van der Waals surface area (Å²) >= 11 is 0. The number of carbonyl (C=O) groups excluding carboxylic acids is 2. The first-order valence-electron chi connectivity index (χ1n) is 14.3. The maximum Gasteiger partial charge on any atom is 0.330 e. The van der Waals surface area contributed by atoms with Gasteiger partial charge in [-0.2, -0.15) is 0 Å². The Kier molecular flexibility index (Phi) is 12.2. The molecule has 0 spiro atoms. The lowest BCUT2D eigenvalue weighted by Crippen LogP contribution is -2.12. The minimum atomic E-state index is -0.598. The molecular weight excluding hydrogens is 610 g/mol. The summed E-state index contributed by atoms with van der Waals surface area (Å²) in [5.41, 5.74) is 1.38. The van der Waals surface area contributed by atoms with Crippen LogP contribution in [0.15, 0.2) is 86.0 Å². The third kappa shape index (κ3) is 9.52. The van der Waals surface area contributed by atoms with Gasteiger partial charge in [-0.1, -0.05) is 13.2 Å². The normalized spacial score (nSPS) is 10.4. The van der Waals surface area contributed by atoms with Gasteiger partial charge in [-0.3, -0.25) is 0 Å². The third-order valence-electron chi connectivity index (χ3n) is 6.26. The molecule has 0 aliphatic heterocycles. The van der Waals surface area contributed by atoms with E-state index in [1.165, 1.54) is 6.07 Å². The summed E-state index contributed by atoms with van der Waals surface area (Å²) in [6.45, 7) is 6.59. The zero-order valence-corrected chi connectivity index (χ0v) is 25.6. The van der Waals surface area contributed by atoms with Gasteiger partial charge >= 0.3 is 11.9 Å². The summed E-state index contributed by atoms with van der Waals surface area (Å²) in [5.74, 6) is 1.000. The molecule has 0 saturated carbocycles. The summed E-state index contributed by atoms with van der Waals surface area (Å²) in [4.78, 5) is 36.9. The highest BCUT2D eigenvalue weighted by molar-refractivity contribution is 5.81. The van der Waals surface area contributed by atoms with Crippen LogP contribution in [0.1, 0.15) is 0 Å². The lowest BCUT2D eigenvalue weighted by Gasteiger charge is -2.15. The molecule has 0 atom stereocenters. The van der Waals surface area contributed by atoms with Crippen molar-refractivity contribution < 1.29 is 48.2 Å². The molecule has 3 aromatic carbocycles. The van der Waals surface area contributed by atoms with Crippen LogP contribution in [-0.4, -0.2) is 83.9 Å². The van der Waals surface area contributed by atoms with E-state index in [9.17, 15) is 14.7 Å². The molecule has 0 aliphatic carbocycles. The van der Waals surface area contributed by atoms with E-state index in [4.69, 9.17) is 38.5 Å². The lowest BCUT2D eigenvalue weighted by molar-refractivity contribution is -0.139. The Bertz CT molecular complexity index is 1710. The van der Waals surface area contributed by atoms with Crippen molar-refractivity contribution in [3.63, 3.8) is 0 Å². The fourth-order valence-electron chi connectivity index (χ4n) is 4.05. The highest BCUT2D eigenvalue weighted by Gasteiger charge is 2.19. The number of aromatic nitrogens is 3. The van der Waals surface area contributed by atoms with Crippen LogP contribution in [0.4, 0.5) is 0 Å². The predicted octanol–water partition coefficient (Wildman–Crippen LogP) is 4.17. The second-order valence-electron chi connectivity index (χ2n) is 9.38. The number of phenols is 1. The van der Waals surface area contributed by atoms with Crippen molar-refractivity contribution in [2.24, 2.45) is 0 Å². The Balaban J connectivity index is 1.76. The van der Waals surface area contributed by atoms with Crippen molar-refractivity contribution in [2.45, 2.75) is 0 Å². The van der Waals surface area contributed by atoms with Gasteiger partial charge < -0.3 is 38.6 Å². The SMILES string of the molecule is C=CC(=O)OCCOc1ccc(-c2nc(-c3ccc(OC)cc3)nc(-c3ccc(OCCO)cc3O)n2)c(OCCOC(=O)C=C)c1. The molecule has 1 aromatic heterocycles. The maximum absolute atomic E-state index is 11.5. The largest absolute Gasteiger partial charge is 0.507 e. The van der Waals surface area contributed by atoms with Crippen molar-refractivity contribution >= 4 is 11.9 Å². The minimum absolute atomic E-state index is 0.00430. The van der Waals surface area contributed by atoms with Gasteiger partial charge in [0.05, 0.1) is 24.8 Å². The van der Waals surface area contributed by atoms with Gasteiger partial charge in [0.15, 0.2) is 17.5 Å². The molecule has 244 valence electrons. The Hall–Kier alpha value is -5.95. The van der Waals surface area contributed by atoms with Crippen molar-refractivity contribution in [1.82, 2.24) is 15.0 Å². The van der Waals surface area contributed by atoms with Gasteiger partial charge in [0, 0.05) is 29.8 Å². The van der Waals surface area contributed by atoms with Crippen molar-refractivity contribution in [2.75, 3.05) is 46.8 Å². The number of esters is 2. The fraction of sp³-hybridized carbons (Fsp3) is 0.206. The standard InChI is InChI=1S/C34H33N3O10/c1-4-30(40)46-18-16-44-25-11-13-27(29(21-25)45-17-19-47-31(41)5-2)34-36-32(22-6-8-23(42-3)9-7-22)35-33(37-34)26-12-10-24(20-28(26)39)43-15-14-38/h4-13,20-21,38-39H,1-2,14-19H2,3H3. The Morgan fingerprint density at radius 3 is 1.81 bits per heavy atom. The molecule has 0 fully saturated rings. The number of methoxy groups -OCH3 is 1. The van der Waals surface area contributed by atoms with Crippen LogP contribution < -0.4 is 18.9 Å². The maximum atomic E-state index is 11.5. The average Bonchev–Trinajstić information content (AvgIpc) is 3.10. The van der Waals surface area contributed by atoms with Crippen molar-refractivity contribution in [1.29, 1.82) is 0 Å². The van der Waals surface area contributed by atoms with Crippen LogP contribution in [0.25, 0.3) is 34.2 Å². The first-order chi connectivity index (χ1) is 22.8. The molecule has 47 heavy (non-hydrogen) atoms. The van der Waals surface area contributed by atoms with E-state index in [2.05, 4.69) is 23.1 Å². The predicted molar refractivity (Wildman–Crippen MR) is 170 cm³/mol. The van der Waals surface area contributed by atoms with Crippen molar-refractivity contribution in [3.8, 4) is 62.9 Å². The van der Waals surface area contributed by atoms with Crippen LogP contribution in [0.5, 0.6) is 28.7 Å². The van der Waals surface area contributed by atoms with Gasteiger partial charge in [-0.15, -0.1) is 0 Å². The Morgan fingerprint density at radius 1 is 0.681 bits per heavy atom. The monoisotopic (exact) mass is 643 g/mol. The van der Waals surface area contributed by atoms with E-state index in [1.807, 2.05) is 0 Å². The minimum Gasteiger partial charge on any atom is -0.507 e. The molecular formula is C34H33N3O10. The molecule has 0 bridgehead atoms. The van der Waals surface area contributed by atoms with Gasteiger partial charge in [-0.05, 0) is 48.5 Å². The number of benzene rings is 3. The Labute approximate surface area is 270 Å². The van der Waals surface area contributed by atoms with E-state index in [0.29, 0.717) is 39.8 Å². The van der Waals surface area contributed by atoms with E-state index in [-0.39, 0.29) is 62.8 Å². The molecule has 4 rings (SSSR count). The number of hydrogen-bond donors (Lipinski definition) is 2. The lowest BCUT2D eigenvalue weighted by atomic mass is 10.1. The van der Waals surface area contributed by atoms with Gasteiger partial charge in [0.25, 0.3) is 0 Å². The van der Waals surface area contributed by atoms with Crippen LogP contribution in [0, 0.1) is 0 Å². The van der Waals surface area contributed by atoms with E-state index in [1.54, 1.807) is 61.7 Å². The number of phenolic OH excluding ortho intramolecular Hbond substituents is 1. The summed E-state index contributed by atoms with van der Waals surface area (Å²) < 4.78 is 32.4. The van der Waals surface area contributed by atoms with E-state index < -0.39 is 11.9 Å². The number of aliphatic hydroxyl groups excluding tert-OH is 1. The molecule has 0 amide bonds. The smallest absolute Gasteiger partial charge is 0.330 e. The second kappa shape index (κ2) is 16.9. The van der Waals surface area contributed by atoms with Crippen LogP contribution in [0.3, 0.4) is 0 Å². The van der Waals surface area contributed by atoms with Gasteiger partial charge in [0.2, 0.25) is 0 Å². The van der Waals surface area contributed by atoms with Crippen LogP contribution >= 0.6 is 0 Å². The third-order valence-corrected chi connectivity index (χ3v) is 6.26. The van der Waals surface area contributed by atoms with Gasteiger partial charge in [-0.25, -0.2) is 24.5 Å². The zero-order chi connectivity index (χ0) is 33.6. The fourth-order valence-corrected chi connectivity index (χ4v) is 4.05. The van der Waals surface area contributed by atoms with Crippen LogP contribution in [-0.2, 0) is 19.1 Å². The molecule has 0 radical (unpaired) electrons. The number of nitrogens with zero attached hydrogens (tertiary/aromatic N) is 3. The number of hydrogen-bond acceptors (Lipinski definition) is 13. The number of rotatable bonds is 17. The van der Waals surface area contributed by atoms with Crippen molar-refractivity contribution in [3.05, 3.63) is 86.0 Å². The molecule has 4 aromatic rings. The highest BCUT2D eigenvalue weighted by atomic mass is 16.6. The Morgan fingerprint density at radius 2 is 1.21 bits per heavy atom. The molecule has 13 heteroatoms. The first-order valence-corrected chi connectivity index (χ1v) is 14.3. The number of ether oxygens (including phenoxy) is 6. The summed E-state index contributed by atoms with van der Waals surface area (Å²) in [6.07, 6.45) is 2.11. The first kappa shape index (κ1) is 33.9. The zero-order valence-electron chi connectivity index (χ0n) is 25.6. The number of aromatic hydroxyl groups is 1.